The molecular weight excluding hydrogens is 482 g/mol. The van der Waals surface area contributed by atoms with Crippen molar-refractivity contribution in [3.05, 3.63) is 35.9 Å². The number of aliphatic hydroxyl groups excluding tert-OH is 1. The Morgan fingerprint density at radius 1 is 1.16 bits per heavy atom. The van der Waals surface area contributed by atoms with Crippen LogP contribution in [0.3, 0.4) is 0 Å². The van der Waals surface area contributed by atoms with E-state index in [1.165, 1.54) is 11.8 Å². The van der Waals surface area contributed by atoms with Gasteiger partial charge in [0.05, 0.1) is 12.1 Å². The van der Waals surface area contributed by atoms with Crippen LogP contribution in [0.4, 0.5) is 0 Å². The number of aliphatic hydroxyl groups is 1. The maximum Gasteiger partial charge on any atom is 0.326 e. The van der Waals surface area contributed by atoms with Crippen LogP contribution in [0.15, 0.2) is 35.3 Å². The molecule has 13 nitrogen and oxygen atoms in total. The molecule has 5 unspecified atom stereocenters. The van der Waals surface area contributed by atoms with E-state index < -0.39 is 54.0 Å². The average molecular weight is 520 g/mol. The second kappa shape index (κ2) is 14.1. The Morgan fingerprint density at radius 3 is 2.43 bits per heavy atom. The zero-order chi connectivity index (χ0) is 27.5. The summed E-state index contributed by atoms with van der Waals surface area (Å²) in [5.41, 5.74) is 17.3. The summed E-state index contributed by atoms with van der Waals surface area (Å²) in [5.74, 6) is -3.19. The van der Waals surface area contributed by atoms with E-state index in [0.717, 1.165) is 0 Å². The molecule has 0 saturated carbocycles. The summed E-state index contributed by atoms with van der Waals surface area (Å²) < 4.78 is 0. The van der Waals surface area contributed by atoms with Crippen LogP contribution in [0.1, 0.15) is 38.2 Å². The van der Waals surface area contributed by atoms with Gasteiger partial charge in [-0.25, -0.2) is 4.79 Å². The van der Waals surface area contributed by atoms with Crippen molar-refractivity contribution < 1.29 is 29.4 Å². The number of guanidine groups is 1. The van der Waals surface area contributed by atoms with Crippen molar-refractivity contribution in [2.75, 3.05) is 13.1 Å². The normalized spacial score (nSPS) is 18.2. The van der Waals surface area contributed by atoms with Crippen LogP contribution in [0, 0.1) is 0 Å². The number of aliphatic carboxylic acids is 1. The predicted octanol–water partition coefficient (Wildman–Crippen LogP) is -1.96. The second-order valence-corrected chi connectivity index (χ2v) is 9.06. The maximum atomic E-state index is 13.0. The number of likely N-dealkylation sites (tertiary alicyclic amines) is 1. The number of carboxylic acids is 1. The highest BCUT2D eigenvalue weighted by Crippen LogP contribution is 2.19. The Balaban J connectivity index is 2.02. The molecule has 10 N–H and O–H groups in total. The van der Waals surface area contributed by atoms with Gasteiger partial charge >= 0.3 is 5.97 Å². The first-order valence-electron chi connectivity index (χ1n) is 12.2. The molecule has 1 aliphatic rings. The van der Waals surface area contributed by atoms with Gasteiger partial charge in [-0.2, -0.15) is 0 Å². The van der Waals surface area contributed by atoms with E-state index >= 15 is 0 Å². The lowest BCUT2D eigenvalue weighted by Gasteiger charge is -2.29. The van der Waals surface area contributed by atoms with E-state index in [9.17, 15) is 29.4 Å². The molecular formula is C24H37N7O6. The number of carbonyl (C=O) groups is 4. The van der Waals surface area contributed by atoms with Crippen LogP contribution >= 0.6 is 0 Å². The highest BCUT2D eigenvalue weighted by Gasteiger charge is 2.38. The van der Waals surface area contributed by atoms with Crippen molar-refractivity contribution in [2.45, 2.75) is 69.3 Å². The molecule has 0 aliphatic carbocycles. The molecule has 0 spiro atoms. The van der Waals surface area contributed by atoms with Gasteiger partial charge < -0.3 is 42.9 Å². The Morgan fingerprint density at radius 2 is 1.84 bits per heavy atom. The van der Waals surface area contributed by atoms with Gasteiger partial charge in [-0.15, -0.1) is 0 Å². The topological polar surface area (TPSA) is 226 Å². The lowest BCUT2D eigenvalue weighted by molar-refractivity contribution is -0.144. The van der Waals surface area contributed by atoms with Gasteiger partial charge in [-0.05, 0) is 38.2 Å². The Hall–Kier alpha value is -3.71. The largest absolute Gasteiger partial charge is 0.480 e. The van der Waals surface area contributed by atoms with Gasteiger partial charge in [0.2, 0.25) is 17.7 Å². The van der Waals surface area contributed by atoms with Crippen molar-refractivity contribution >= 4 is 29.7 Å². The van der Waals surface area contributed by atoms with Gasteiger partial charge in [0.25, 0.3) is 0 Å². The predicted molar refractivity (Wildman–Crippen MR) is 136 cm³/mol. The minimum absolute atomic E-state index is 0.0222. The SMILES string of the molecule is CC(O)C(NC(=O)C1CCCN1C(=O)C(N)CCCN=C(N)N)C(=O)NC(Cc1ccccc1)C(=O)O. The van der Waals surface area contributed by atoms with Crippen LogP contribution in [0.5, 0.6) is 0 Å². The van der Waals surface area contributed by atoms with E-state index in [1.54, 1.807) is 30.3 Å². The minimum Gasteiger partial charge on any atom is -0.480 e. The molecule has 0 bridgehead atoms. The number of carbonyl (C=O) groups excluding carboxylic acids is 3. The summed E-state index contributed by atoms with van der Waals surface area (Å²) in [4.78, 5) is 55.8. The van der Waals surface area contributed by atoms with Gasteiger partial charge in [-0.1, -0.05) is 30.3 Å². The molecule has 0 aromatic heterocycles. The van der Waals surface area contributed by atoms with E-state index in [-0.39, 0.29) is 12.4 Å². The molecule has 5 atom stereocenters. The van der Waals surface area contributed by atoms with E-state index in [2.05, 4.69) is 15.6 Å². The summed E-state index contributed by atoms with van der Waals surface area (Å²) in [6.07, 6.45) is 0.421. The molecule has 2 rings (SSSR count). The Bertz CT molecular complexity index is 968. The molecule has 0 radical (unpaired) electrons. The number of hydrogen-bond acceptors (Lipinski definition) is 7. The number of amides is 3. The first kappa shape index (κ1) is 29.5. The summed E-state index contributed by atoms with van der Waals surface area (Å²) >= 11 is 0. The third-order valence-electron chi connectivity index (χ3n) is 6.08. The number of benzene rings is 1. The molecule has 1 aromatic rings. The van der Waals surface area contributed by atoms with Crippen molar-refractivity contribution in [3.8, 4) is 0 Å². The van der Waals surface area contributed by atoms with Crippen molar-refractivity contribution in [3.63, 3.8) is 0 Å². The fourth-order valence-corrected chi connectivity index (χ4v) is 4.12. The number of nitrogens with two attached hydrogens (primary N) is 3. The van der Waals surface area contributed by atoms with E-state index in [1.807, 2.05) is 0 Å². The number of rotatable bonds is 13. The van der Waals surface area contributed by atoms with Crippen molar-refractivity contribution in [1.29, 1.82) is 0 Å². The minimum atomic E-state index is -1.42. The summed E-state index contributed by atoms with van der Waals surface area (Å²) in [6.45, 7) is 1.95. The lowest BCUT2D eigenvalue weighted by atomic mass is 10.0. The second-order valence-electron chi connectivity index (χ2n) is 9.06. The molecule has 1 fully saturated rings. The summed E-state index contributed by atoms with van der Waals surface area (Å²) in [7, 11) is 0. The monoisotopic (exact) mass is 519 g/mol. The quantitative estimate of drug-likeness (QED) is 0.0870. The first-order valence-corrected chi connectivity index (χ1v) is 12.2. The fourth-order valence-electron chi connectivity index (χ4n) is 4.12. The highest BCUT2D eigenvalue weighted by molar-refractivity contribution is 5.94. The number of aliphatic imine (C=N–C) groups is 1. The fraction of sp³-hybridized carbons (Fsp3) is 0.542. The van der Waals surface area contributed by atoms with E-state index in [4.69, 9.17) is 17.2 Å². The number of carboxylic acid groups (broad SMARTS) is 1. The summed E-state index contributed by atoms with van der Waals surface area (Å²) in [6, 6.07) is 4.33. The average Bonchev–Trinajstić information content (AvgIpc) is 3.34. The van der Waals surface area contributed by atoms with Crippen LogP contribution in [0.2, 0.25) is 0 Å². The zero-order valence-corrected chi connectivity index (χ0v) is 20.9. The van der Waals surface area contributed by atoms with Crippen molar-refractivity contribution in [2.24, 2.45) is 22.2 Å². The number of nitrogens with zero attached hydrogens (tertiary/aromatic N) is 2. The molecule has 13 heteroatoms. The summed E-state index contributed by atoms with van der Waals surface area (Å²) in [5, 5.41) is 24.6. The Kier molecular flexibility index (Phi) is 11.3. The van der Waals surface area contributed by atoms with Crippen LogP contribution in [0.25, 0.3) is 0 Å². The van der Waals surface area contributed by atoms with Gasteiger partial charge in [0, 0.05) is 19.5 Å². The van der Waals surface area contributed by atoms with Gasteiger partial charge in [-0.3, -0.25) is 19.4 Å². The molecule has 3 amide bonds. The standard InChI is InChI=1S/C24H37N7O6/c1-14(32)19(21(34)29-17(23(36)37)13-15-7-3-2-4-8-15)30-20(33)18-10-6-12-31(18)22(35)16(25)9-5-11-28-24(26)27/h2-4,7-8,14,16-19,32H,5-6,9-13,25H2,1H3,(H,29,34)(H,30,33)(H,36,37)(H4,26,27,28). The van der Waals surface area contributed by atoms with Crippen LogP contribution in [-0.4, -0.2) is 88.1 Å². The molecule has 1 aliphatic heterocycles. The van der Waals surface area contributed by atoms with Gasteiger partial charge in [0.1, 0.15) is 18.1 Å². The molecule has 1 saturated heterocycles. The van der Waals surface area contributed by atoms with Crippen LogP contribution in [-0.2, 0) is 25.6 Å². The molecule has 1 heterocycles. The third kappa shape index (κ3) is 9.03. The molecule has 1 aromatic carbocycles. The smallest absolute Gasteiger partial charge is 0.326 e. The maximum absolute atomic E-state index is 13.0. The lowest BCUT2D eigenvalue weighted by Crippen LogP contribution is -2.59. The number of nitrogens with one attached hydrogen (secondary N) is 2. The number of hydrogen-bond donors (Lipinski definition) is 7. The Labute approximate surface area is 215 Å². The zero-order valence-electron chi connectivity index (χ0n) is 20.9. The first-order chi connectivity index (χ1) is 17.5. The highest BCUT2D eigenvalue weighted by atomic mass is 16.4. The molecule has 37 heavy (non-hydrogen) atoms. The molecule has 204 valence electrons. The van der Waals surface area contributed by atoms with Crippen molar-refractivity contribution in [1.82, 2.24) is 15.5 Å². The van der Waals surface area contributed by atoms with Gasteiger partial charge in [0.15, 0.2) is 5.96 Å². The van der Waals surface area contributed by atoms with Crippen LogP contribution < -0.4 is 27.8 Å². The van der Waals surface area contributed by atoms with E-state index in [0.29, 0.717) is 44.3 Å². The third-order valence-corrected chi connectivity index (χ3v) is 6.08.